The lowest BCUT2D eigenvalue weighted by Gasteiger charge is -2.23. The van der Waals surface area contributed by atoms with Gasteiger partial charge in [-0.2, -0.15) is 0 Å². The number of carbonyl (C=O) groups excluding carboxylic acids is 1. The molecule has 0 aliphatic carbocycles. The Morgan fingerprint density at radius 3 is 2.52 bits per heavy atom. The van der Waals surface area contributed by atoms with Crippen LogP contribution in [0.15, 0.2) is 61.2 Å². The van der Waals surface area contributed by atoms with Gasteiger partial charge in [0.1, 0.15) is 10.7 Å². The minimum atomic E-state index is -0.191. The Morgan fingerprint density at radius 2 is 1.81 bits per heavy atom. The third kappa shape index (κ3) is 5.01. The van der Waals surface area contributed by atoms with Crippen molar-refractivity contribution in [2.75, 3.05) is 6.61 Å². The first-order valence-corrected chi connectivity index (χ1v) is 8.91. The predicted molar refractivity (Wildman–Crippen MR) is 102 cm³/mol. The molecule has 0 saturated heterocycles. The number of pyridine rings is 3. The molecular formula is C20H19ClN4O2. The van der Waals surface area contributed by atoms with Crippen LogP contribution in [0.5, 0.6) is 5.88 Å². The van der Waals surface area contributed by atoms with Crippen LogP contribution in [0.3, 0.4) is 0 Å². The van der Waals surface area contributed by atoms with E-state index < -0.39 is 0 Å². The summed E-state index contributed by atoms with van der Waals surface area (Å²) in [5, 5.41) is 0.281. The third-order valence-electron chi connectivity index (χ3n) is 3.84. The molecule has 6 nitrogen and oxygen atoms in total. The lowest BCUT2D eigenvalue weighted by molar-refractivity contribution is 0.0724. The van der Waals surface area contributed by atoms with Crippen molar-refractivity contribution in [2.24, 2.45) is 0 Å². The molecule has 3 rings (SSSR count). The number of hydrogen-bond acceptors (Lipinski definition) is 5. The number of carbonyl (C=O) groups is 1. The van der Waals surface area contributed by atoms with E-state index in [4.69, 9.17) is 16.3 Å². The summed E-state index contributed by atoms with van der Waals surface area (Å²) >= 11 is 5.97. The molecule has 3 aromatic rings. The normalized spacial score (nSPS) is 10.4. The molecule has 0 aliphatic heterocycles. The van der Waals surface area contributed by atoms with E-state index in [1.54, 1.807) is 41.8 Å². The van der Waals surface area contributed by atoms with E-state index in [1.165, 1.54) is 0 Å². The topological polar surface area (TPSA) is 68.2 Å². The number of rotatable bonds is 7. The van der Waals surface area contributed by atoms with Gasteiger partial charge in [-0.25, -0.2) is 4.98 Å². The highest BCUT2D eigenvalue weighted by molar-refractivity contribution is 6.29. The Kier molecular flexibility index (Phi) is 6.33. The predicted octanol–water partition coefficient (Wildman–Crippen LogP) is 3.77. The van der Waals surface area contributed by atoms with Gasteiger partial charge in [-0.3, -0.25) is 14.8 Å². The maximum absolute atomic E-state index is 13.3. The zero-order chi connectivity index (χ0) is 19.1. The fraction of sp³-hybridized carbons (Fsp3) is 0.200. The minimum absolute atomic E-state index is 0.191. The van der Waals surface area contributed by atoms with Crippen LogP contribution in [0.4, 0.5) is 0 Å². The van der Waals surface area contributed by atoms with Gasteiger partial charge < -0.3 is 9.64 Å². The summed E-state index contributed by atoms with van der Waals surface area (Å²) in [7, 11) is 0. The van der Waals surface area contributed by atoms with Crippen LogP contribution in [0, 0.1) is 0 Å². The summed E-state index contributed by atoms with van der Waals surface area (Å²) < 4.78 is 5.52. The molecule has 138 valence electrons. The first-order chi connectivity index (χ1) is 13.2. The fourth-order valence-electron chi connectivity index (χ4n) is 2.62. The Labute approximate surface area is 162 Å². The van der Waals surface area contributed by atoms with Crippen LogP contribution in [0.2, 0.25) is 5.15 Å². The lowest BCUT2D eigenvalue weighted by atomic mass is 10.1. The maximum Gasteiger partial charge on any atom is 0.259 e. The van der Waals surface area contributed by atoms with Gasteiger partial charge in [0.15, 0.2) is 0 Å². The summed E-state index contributed by atoms with van der Waals surface area (Å²) in [5.74, 6) is 0.0456. The summed E-state index contributed by atoms with van der Waals surface area (Å²) in [6.45, 7) is 3.05. The molecule has 0 spiro atoms. The second kappa shape index (κ2) is 9.09. The van der Waals surface area contributed by atoms with Gasteiger partial charge in [0.2, 0.25) is 5.88 Å². The van der Waals surface area contributed by atoms with E-state index in [1.807, 2.05) is 31.2 Å². The van der Waals surface area contributed by atoms with Gasteiger partial charge in [-0.05, 0) is 48.4 Å². The second-order valence-corrected chi connectivity index (χ2v) is 6.18. The van der Waals surface area contributed by atoms with E-state index >= 15 is 0 Å². The number of nitrogens with zero attached hydrogens (tertiary/aromatic N) is 4. The van der Waals surface area contributed by atoms with Crippen molar-refractivity contribution in [3.63, 3.8) is 0 Å². The lowest BCUT2D eigenvalue weighted by Crippen LogP contribution is -2.30. The van der Waals surface area contributed by atoms with Crippen molar-refractivity contribution in [3.8, 4) is 5.88 Å². The molecule has 0 bridgehead atoms. The monoisotopic (exact) mass is 382 g/mol. The molecule has 1 amide bonds. The van der Waals surface area contributed by atoms with Gasteiger partial charge in [0, 0.05) is 37.9 Å². The van der Waals surface area contributed by atoms with Crippen molar-refractivity contribution >= 4 is 17.5 Å². The van der Waals surface area contributed by atoms with Crippen molar-refractivity contribution in [3.05, 3.63) is 83.0 Å². The third-order valence-corrected chi connectivity index (χ3v) is 4.05. The Balaban J connectivity index is 1.93. The molecule has 0 atom stereocenters. The number of ether oxygens (including phenoxy) is 1. The fourth-order valence-corrected chi connectivity index (χ4v) is 2.76. The van der Waals surface area contributed by atoms with E-state index in [0.29, 0.717) is 25.3 Å². The SMILES string of the molecule is CCOc1nc(Cl)ccc1C(=O)N(Cc1ccncc1)Cc1cccnc1. The van der Waals surface area contributed by atoms with Gasteiger partial charge in [-0.15, -0.1) is 0 Å². The molecule has 0 N–H and O–H groups in total. The summed E-state index contributed by atoms with van der Waals surface area (Å²) in [4.78, 5) is 27.3. The zero-order valence-corrected chi connectivity index (χ0v) is 15.6. The smallest absolute Gasteiger partial charge is 0.259 e. The zero-order valence-electron chi connectivity index (χ0n) is 14.9. The first-order valence-electron chi connectivity index (χ1n) is 8.53. The molecule has 0 saturated carbocycles. The number of aromatic nitrogens is 3. The maximum atomic E-state index is 13.3. The van der Waals surface area contributed by atoms with E-state index in [2.05, 4.69) is 15.0 Å². The largest absolute Gasteiger partial charge is 0.477 e. The Bertz CT molecular complexity index is 849. The first kappa shape index (κ1) is 18.8. The molecule has 0 fully saturated rings. The van der Waals surface area contributed by atoms with Gasteiger partial charge in [0.05, 0.1) is 6.61 Å². The van der Waals surface area contributed by atoms with Crippen LogP contribution in [0.25, 0.3) is 0 Å². The van der Waals surface area contributed by atoms with Crippen LogP contribution < -0.4 is 4.74 Å². The van der Waals surface area contributed by atoms with Gasteiger partial charge >= 0.3 is 0 Å². The van der Waals surface area contributed by atoms with Crippen LogP contribution in [0.1, 0.15) is 28.4 Å². The highest BCUT2D eigenvalue weighted by Gasteiger charge is 2.22. The van der Waals surface area contributed by atoms with Gasteiger partial charge in [-0.1, -0.05) is 17.7 Å². The number of amides is 1. The molecule has 7 heteroatoms. The van der Waals surface area contributed by atoms with E-state index in [-0.39, 0.29) is 16.9 Å². The summed E-state index contributed by atoms with van der Waals surface area (Å²) in [6.07, 6.45) is 6.86. The van der Waals surface area contributed by atoms with Crippen molar-refractivity contribution < 1.29 is 9.53 Å². The molecule has 0 aromatic carbocycles. The quantitative estimate of drug-likeness (QED) is 0.582. The van der Waals surface area contributed by atoms with Crippen LogP contribution >= 0.6 is 11.6 Å². The van der Waals surface area contributed by atoms with E-state index in [0.717, 1.165) is 11.1 Å². The van der Waals surface area contributed by atoms with Gasteiger partial charge in [0.25, 0.3) is 5.91 Å². The number of hydrogen-bond donors (Lipinski definition) is 0. The number of halogens is 1. The molecule has 0 aliphatic rings. The van der Waals surface area contributed by atoms with Crippen LogP contribution in [-0.2, 0) is 13.1 Å². The molecule has 3 aromatic heterocycles. The Morgan fingerprint density at radius 1 is 1.04 bits per heavy atom. The van der Waals surface area contributed by atoms with Crippen LogP contribution in [-0.4, -0.2) is 32.4 Å². The molecule has 0 radical (unpaired) electrons. The molecular weight excluding hydrogens is 364 g/mol. The van der Waals surface area contributed by atoms with Crippen molar-refractivity contribution in [1.29, 1.82) is 0 Å². The minimum Gasteiger partial charge on any atom is -0.477 e. The molecule has 3 heterocycles. The van der Waals surface area contributed by atoms with E-state index in [9.17, 15) is 4.79 Å². The highest BCUT2D eigenvalue weighted by Crippen LogP contribution is 2.22. The summed E-state index contributed by atoms with van der Waals surface area (Å²) in [5.41, 5.74) is 2.28. The average Bonchev–Trinajstić information content (AvgIpc) is 2.69. The Hall–Kier alpha value is -2.99. The standard InChI is InChI=1S/C20H19ClN4O2/c1-2-27-19-17(5-6-18(21)24-19)20(26)25(13-15-7-10-22-11-8-15)14-16-4-3-9-23-12-16/h3-12H,2,13-14H2,1H3. The molecule has 0 unspecified atom stereocenters. The van der Waals surface area contributed by atoms with Crippen molar-refractivity contribution in [1.82, 2.24) is 19.9 Å². The molecule has 27 heavy (non-hydrogen) atoms. The highest BCUT2D eigenvalue weighted by atomic mass is 35.5. The van der Waals surface area contributed by atoms with Crippen molar-refractivity contribution in [2.45, 2.75) is 20.0 Å². The average molecular weight is 383 g/mol. The summed E-state index contributed by atoms with van der Waals surface area (Å²) in [6, 6.07) is 10.8. The second-order valence-electron chi connectivity index (χ2n) is 5.80.